The summed E-state index contributed by atoms with van der Waals surface area (Å²) in [5, 5.41) is 7.83. The highest BCUT2D eigenvalue weighted by atomic mass is 32.2. The van der Waals surface area contributed by atoms with Crippen LogP contribution in [0.25, 0.3) is 0 Å². The van der Waals surface area contributed by atoms with E-state index in [0.29, 0.717) is 25.3 Å². The molecule has 1 aliphatic heterocycles. The Morgan fingerprint density at radius 2 is 2.26 bits per heavy atom. The molecule has 0 aliphatic carbocycles. The number of fused-ring (bicyclic) bond motifs is 1. The Labute approximate surface area is 112 Å². The molecule has 3 N–H and O–H groups in total. The second-order valence-corrected chi connectivity index (χ2v) is 6.19. The number of carbonyl (C=O) groups excluding carboxylic acids is 1. The minimum atomic E-state index is -3.70. The topological polar surface area (TPSA) is 98.5 Å². The van der Waals surface area contributed by atoms with Crippen LogP contribution < -0.4 is 15.2 Å². The van der Waals surface area contributed by atoms with Crippen molar-refractivity contribution in [1.29, 1.82) is 0 Å². The lowest BCUT2D eigenvalue weighted by Crippen LogP contribution is -2.33. The van der Waals surface area contributed by atoms with Crippen LogP contribution in [0.3, 0.4) is 0 Å². The van der Waals surface area contributed by atoms with Crippen molar-refractivity contribution in [2.45, 2.75) is 18.2 Å². The van der Waals surface area contributed by atoms with Gasteiger partial charge in [-0.2, -0.15) is 0 Å². The number of rotatable bonds is 3. The highest BCUT2D eigenvalue weighted by molar-refractivity contribution is 7.89. The summed E-state index contributed by atoms with van der Waals surface area (Å²) in [6.07, 6.45) is 0.652. The first kappa shape index (κ1) is 13.8. The minimum Gasteiger partial charge on any atom is -0.493 e. The molecule has 1 atom stereocenters. The monoisotopic (exact) mass is 284 g/mol. The van der Waals surface area contributed by atoms with Crippen LogP contribution >= 0.6 is 0 Å². The van der Waals surface area contributed by atoms with Crippen LogP contribution in [0.5, 0.6) is 5.75 Å². The molecule has 7 heteroatoms. The lowest BCUT2D eigenvalue weighted by molar-refractivity contribution is -0.119. The number of amides is 1. The summed E-state index contributed by atoms with van der Waals surface area (Å²) in [5.41, 5.74) is 0.799. The van der Waals surface area contributed by atoms with Crippen LogP contribution in [-0.2, 0) is 21.2 Å². The van der Waals surface area contributed by atoms with Gasteiger partial charge in [-0.15, -0.1) is 0 Å². The van der Waals surface area contributed by atoms with E-state index in [1.807, 2.05) is 0 Å². The van der Waals surface area contributed by atoms with E-state index in [2.05, 4.69) is 5.32 Å². The van der Waals surface area contributed by atoms with E-state index >= 15 is 0 Å². The molecule has 1 aromatic carbocycles. The van der Waals surface area contributed by atoms with E-state index in [-0.39, 0.29) is 16.7 Å². The van der Waals surface area contributed by atoms with E-state index in [0.717, 1.165) is 5.56 Å². The smallest absolute Gasteiger partial charge is 0.238 e. The van der Waals surface area contributed by atoms with Gasteiger partial charge in [-0.3, -0.25) is 4.79 Å². The number of primary sulfonamides is 1. The SMILES string of the molecule is CC(=O)NCC1COc2ccc(S(N)(=O)=O)cc2C1. The summed E-state index contributed by atoms with van der Waals surface area (Å²) >= 11 is 0. The van der Waals surface area contributed by atoms with Crippen molar-refractivity contribution in [3.63, 3.8) is 0 Å². The Morgan fingerprint density at radius 3 is 2.89 bits per heavy atom. The Hall–Kier alpha value is -1.60. The number of sulfonamides is 1. The maximum atomic E-state index is 11.3. The van der Waals surface area contributed by atoms with Crippen LogP contribution in [0.2, 0.25) is 0 Å². The quantitative estimate of drug-likeness (QED) is 0.817. The molecule has 0 bridgehead atoms. The molecule has 1 heterocycles. The Kier molecular flexibility index (Phi) is 3.77. The zero-order chi connectivity index (χ0) is 14.0. The fourth-order valence-electron chi connectivity index (χ4n) is 2.03. The van der Waals surface area contributed by atoms with E-state index in [4.69, 9.17) is 9.88 Å². The predicted molar refractivity (Wildman–Crippen MR) is 69.2 cm³/mol. The molecule has 104 valence electrons. The average Bonchev–Trinajstić information content (AvgIpc) is 2.34. The van der Waals surface area contributed by atoms with Crippen molar-refractivity contribution < 1.29 is 17.9 Å². The molecule has 0 saturated heterocycles. The Bertz CT molecular complexity index is 598. The van der Waals surface area contributed by atoms with Crippen LogP contribution in [-0.4, -0.2) is 27.5 Å². The molecular weight excluding hydrogens is 268 g/mol. The van der Waals surface area contributed by atoms with Crippen molar-refractivity contribution in [3.8, 4) is 5.75 Å². The molecule has 19 heavy (non-hydrogen) atoms. The minimum absolute atomic E-state index is 0.0787. The standard InChI is InChI=1S/C12H16N2O4S/c1-8(15)14-6-9-4-10-5-11(19(13,16)17)2-3-12(10)18-7-9/h2-3,5,9H,4,6-7H2,1H3,(H,14,15)(H2,13,16,17). The molecule has 2 rings (SSSR count). The van der Waals surface area contributed by atoms with Gasteiger partial charge in [0.2, 0.25) is 15.9 Å². The van der Waals surface area contributed by atoms with E-state index in [9.17, 15) is 13.2 Å². The molecule has 6 nitrogen and oxygen atoms in total. The number of carbonyl (C=O) groups is 1. The largest absolute Gasteiger partial charge is 0.493 e. The zero-order valence-electron chi connectivity index (χ0n) is 10.5. The second kappa shape index (κ2) is 5.18. The fourth-order valence-corrected chi connectivity index (χ4v) is 2.59. The van der Waals surface area contributed by atoms with E-state index in [1.54, 1.807) is 6.07 Å². The first-order chi connectivity index (χ1) is 8.86. The van der Waals surface area contributed by atoms with Gasteiger partial charge in [0, 0.05) is 19.4 Å². The molecule has 0 saturated carbocycles. The third kappa shape index (κ3) is 3.45. The molecule has 1 aliphatic rings. The summed E-state index contributed by atoms with van der Waals surface area (Å²) in [7, 11) is -3.70. The number of ether oxygens (including phenoxy) is 1. The summed E-state index contributed by atoms with van der Waals surface area (Å²) in [6.45, 7) is 2.47. The van der Waals surface area contributed by atoms with Crippen LogP contribution in [0.4, 0.5) is 0 Å². The second-order valence-electron chi connectivity index (χ2n) is 4.63. The highest BCUT2D eigenvalue weighted by Gasteiger charge is 2.21. The summed E-state index contributed by atoms with van der Waals surface area (Å²) in [6, 6.07) is 4.58. The van der Waals surface area contributed by atoms with Gasteiger partial charge in [0.05, 0.1) is 11.5 Å². The number of hydrogen-bond donors (Lipinski definition) is 2. The molecule has 0 fully saturated rings. The van der Waals surface area contributed by atoms with Crippen molar-refractivity contribution in [2.75, 3.05) is 13.2 Å². The number of nitrogens with two attached hydrogens (primary N) is 1. The van der Waals surface area contributed by atoms with Crippen LogP contribution in [0.1, 0.15) is 12.5 Å². The first-order valence-corrected chi connectivity index (χ1v) is 7.44. The van der Waals surface area contributed by atoms with Crippen LogP contribution in [0.15, 0.2) is 23.1 Å². The maximum Gasteiger partial charge on any atom is 0.238 e. The fraction of sp³-hybridized carbons (Fsp3) is 0.417. The van der Waals surface area contributed by atoms with Gasteiger partial charge in [-0.1, -0.05) is 0 Å². The van der Waals surface area contributed by atoms with Gasteiger partial charge in [0.1, 0.15) is 5.75 Å². The first-order valence-electron chi connectivity index (χ1n) is 5.89. The highest BCUT2D eigenvalue weighted by Crippen LogP contribution is 2.29. The Balaban J connectivity index is 2.16. The van der Waals surface area contributed by atoms with Crippen molar-refractivity contribution >= 4 is 15.9 Å². The number of nitrogens with one attached hydrogen (secondary N) is 1. The molecule has 0 radical (unpaired) electrons. The summed E-state index contributed by atoms with van der Waals surface area (Å²) in [4.78, 5) is 10.9. The lowest BCUT2D eigenvalue weighted by Gasteiger charge is -2.25. The summed E-state index contributed by atoms with van der Waals surface area (Å²) < 4.78 is 28.1. The van der Waals surface area contributed by atoms with E-state index in [1.165, 1.54) is 19.1 Å². The van der Waals surface area contributed by atoms with Gasteiger partial charge in [0.25, 0.3) is 0 Å². The summed E-state index contributed by atoms with van der Waals surface area (Å²) in [5.74, 6) is 0.711. The van der Waals surface area contributed by atoms with Gasteiger partial charge >= 0.3 is 0 Å². The normalized spacial score (nSPS) is 18.3. The van der Waals surface area contributed by atoms with Gasteiger partial charge in [-0.05, 0) is 30.2 Å². The van der Waals surface area contributed by atoms with Gasteiger partial charge in [0.15, 0.2) is 0 Å². The predicted octanol–water partition coefficient (Wildman–Crippen LogP) is 0.0212. The number of benzene rings is 1. The molecular formula is C12H16N2O4S. The van der Waals surface area contributed by atoms with Crippen molar-refractivity contribution in [2.24, 2.45) is 11.1 Å². The van der Waals surface area contributed by atoms with Gasteiger partial charge in [-0.25, -0.2) is 13.6 Å². The third-order valence-electron chi connectivity index (χ3n) is 2.98. The van der Waals surface area contributed by atoms with Gasteiger partial charge < -0.3 is 10.1 Å². The Morgan fingerprint density at radius 1 is 1.53 bits per heavy atom. The molecule has 1 amide bonds. The maximum absolute atomic E-state index is 11.3. The average molecular weight is 284 g/mol. The van der Waals surface area contributed by atoms with Crippen molar-refractivity contribution in [3.05, 3.63) is 23.8 Å². The number of hydrogen-bond acceptors (Lipinski definition) is 4. The molecule has 1 aromatic rings. The van der Waals surface area contributed by atoms with E-state index < -0.39 is 10.0 Å². The third-order valence-corrected chi connectivity index (χ3v) is 3.89. The van der Waals surface area contributed by atoms with Crippen LogP contribution in [0, 0.1) is 5.92 Å². The zero-order valence-corrected chi connectivity index (χ0v) is 11.4. The molecule has 0 aromatic heterocycles. The lowest BCUT2D eigenvalue weighted by atomic mass is 9.97. The van der Waals surface area contributed by atoms with Crippen molar-refractivity contribution in [1.82, 2.24) is 5.32 Å². The molecule has 1 unspecified atom stereocenters. The molecule has 0 spiro atoms.